The lowest BCUT2D eigenvalue weighted by atomic mass is 10.1. The molecule has 0 saturated heterocycles. The number of oxazole rings is 1. The summed E-state index contributed by atoms with van der Waals surface area (Å²) >= 11 is 0. The molecule has 190 valence electrons. The molecule has 0 aromatic carbocycles. The number of hydrogen-bond donors (Lipinski definition) is 1. The predicted octanol–water partition coefficient (Wildman–Crippen LogP) is 3.88. The molecule has 2 amide bonds. The van der Waals surface area contributed by atoms with Gasteiger partial charge in [0, 0.05) is 29.7 Å². The maximum Gasteiger partial charge on any atom is 0.419 e. The molecule has 4 aromatic rings. The Morgan fingerprint density at radius 2 is 2.05 bits per heavy atom. The normalized spacial score (nSPS) is 14.1. The van der Waals surface area contributed by atoms with Gasteiger partial charge in [-0.15, -0.1) is 0 Å². The number of hydrogen-bond acceptors (Lipinski definition) is 7. The molecule has 13 heteroatoms. The van der Waals surface area contributed by atoms with Crippen LogP contribution in [0.2, 0.25) is 0 Å². The van der Waals surface area contributed by atoms with Crippen molar-refractivity contribution in [2.45, 2.75) is 39.0 Å². The standard InChI is InChI=1S/C24H20F3N7O3/c1-13-5-15(7-29-22(13)34-9-16(8-31-34)24(25,26)27)14(2)33-10-19-18(23(33)36)3-4-28-21(19)32-20(35)6-17-11-37-12-30-17/h3-5,7-9,11-12,14H,6,10H2,1-2H3,(H,28,32,35). The zero-order valence-electron chi connectivity index (χ0n) is 19.7. The highest BCUT2D eigenvalue weighted by Gasteiger charge is 2.35. The summed E-state index contributed by atoms with van der Waals surface area (Å²) < 4.78 is 44.8. The monoisotopic (exact) mass is 511 g/mol. The number of carbonyl (C=O) groups is 2. The maximum atomic E-state index is 13.2. The summed E-state index contributed by atoms with van der Waals surface area (Å²) in [6.07, 6.45) is 2.68. The van der Waals surface area contributed by atoms with Crippen molar-refractivity contribution in [2.24, 2.45) is 0 Å². The molecule has 37 heavy (non-hydrogen) atoms. The van der Waals surface area contributed by atoms with Crippen molar-refractivity contribution in [3.8, 4) is 5.82 Å². The van der Waals surface area contributed by atoms with Crippen LogP contribution >= 0.6 is 0 Å². The van der Waals surface area contributed by atoms with Gasteiger partial charge in [0.15, 0.2) is 12.2 Å². The lowest BCUT2D eigenvalue weighted by Gasteiger charge is -2.25. The molecule has 5 heterocycles. The van der Waals surface area contributed by atoms with Gasteiger partial charge in [-0.2, -0.15) is 18.3 Å². The Balaban J connectivity index is 1.34. The summed E-state index contributed by atoms with van der Waals surface area (Å²) in [6.45, 7) is 3.74. The van der Waals surface area contributed by atoms with Crippen molar-refractivity contribution in [2.75, 3.05) is 5.32 Å². The Morgan fingerprint density at radius 3 is 2.73 bits per heavy atom. The molecule has 1 atom stereocenters. The molecule has 4 aromatic heterocycles. The van der Waals surface area contributed by atoms with Crippen LogP contribution in [0.1, 0.15) is 51.3 Å². The number of fused-ring (bicyclic) bond motifs is 1. The number of nitrogens with zero attached hydrogens (tertiary/aromatic N) is 6. The van der Waals surface area contributed by atoms with Crippen LogP contribution in [0.3, 0.4) is 0 Å². The zero-order chi connectivity index (χ0) is 26.3. The lowest BCUT2D eigenvalue weighted by molar-refractivity contribution is -0.137. The fourth-order valence-corrected chi connectivity index (χ4v) is 4.16. The first-order chi connectivity index (χ1) is 17.6. The first-order valence-electron chi connectivity index (χ1n) is 11.2. The second-order valence-electron chi connectivity index (χ2n) is 8.58. The zero-order valence-corrected chi connectivity index (χ0v) is 19.7. The second kappa shape index (κ2) is 9.15. The van der Waals surface area contributed by atoms with E-state index in [0.717, 1.165) is 17.1 Å². The molecular weight excluding hydrogens is 491 g/mol. The number of rotatable bonds is 6. The summed E-state index contributed by atoms with van der Waals surface area (Å²) in [7, 11) is 0. The van der Waals surface area contributed by atoms with Gasteiger partial charge in [-0.25, -0.2) is 19.6 Å². The van der Waals surface area contributed by atoms with Crippen LogP contribution in [0.5, 0.6) is 0 Å². The number of nitrogens with one attached hydrogen (secondary N) is 1. The number of alkyl halides is 3. The van der Waals surface area contributed by atoms with E-state index in [1.54, 1.807) is 24.0 Å². The number of halogens is 3. The smallest absolute Gasteiger partial charge is 0.419 e. The van der Waals surface area contributed by atoms with E-state index in [0.29, 0.717) is 27.9 Å². The number of aryl methyl sites for hydroxylation is 1. The van der Waals surface area contributed by atoms with Gasteiger partial charge >= 0.3 is 6.18 Å². The quantitative estimate of drug-likeness (QED) is 0.417. The molecule has 1 N–H and O–H groups in total. The third-order valence-corrected chi connectivity index (χ3v) is 6.11. The van der Waals surface area contributed by atoms with Crippen LogP contribution in [-0.4, -0.2) is 41.4 Å². The predicted molar refractivity (Wildman–Crippen MR) is 122 cm³/mol. The minimum absolute atomic E-state index is 0.00603. The Bertz CT molecular complexity index is 1480. The fourth-order valence-electron chi connectivity index (χ4n) is 4.16. The number of aromatic nitrogens is 5. The van der Waals surface area contributed by atoms with Gasteiger partial charge in [-0.1, -0.05) is 0 Å². The van der Waals surface area contributed by atoms with Gasteiger partial charge in [-0.05, 0) is 37.1 Å². The minimum atomic E-state index is -4.50. The Kier molecular flexibility index (Phi) is 5.97. The fraction of sp³-hybridized carbons (Fsp3) is 0.250. The van der Waals surface area contributed by atoms with E-state index in [1.807, 2.05) is 6.92 Å². The van der Waals surface area contributed by atoms with Crippen molar-refractivity contribution in [3.05, 3.63) is 83.1 Å². The first kappa shape index (κ1) is 24.2. The molecule has 1 unspecified atom stereocenters. The van der Waals surface area contributed by atoms with E-state index in [1.165, 1.54) is 25.1 Å². The Labute approximate surface area is 208 Å². The van der Waals surface area contributed by atoms with Crippen molar-refractivity contribution in [3.63, 3.8) is 0 Å². The molecule has 10 nitrogen and oxygen atoms in total. The third-order valence-electron chi connectivity index (χ3n) is 6.11. The molecule has 5 rings (SSSR count). The summed E-state index contributed by atoms with van der Waals surface area (Å²) in [6, 6.07) is 2.94. The highest BCUT2D eigenvalue weighted by atomic mass is 19.4. The summed E-state index contributed by atoms with van der Waals surface area (Å²) in [5.74, 6) is -0.0429. The Morgan fingerprint density at radius 1 is 1.24 bits per heavy atom. The van der Waals surface area contributed by atoms with Crippen molar-refractivity contribution in [1.82, 2.24) is 29.6 Å². The van der Waals surface area contributed by atoms with Gasteiger partial charge in [0.05, 0.1) is 36.5 Å². The maximum absolute atomic E-state index is 13.2. The van der Waals surface area contributed by atoms with E-state index in [4.69, 9.17) is 4.42 Å². The van der Waals surface area contributed by atoms with Crippen LogP contribution < -0.4 is 5.32 Å². The molecule has 0 saturated carbocycles. The van der Waals surface area contributed by atoms with Gasteiger partial charge in [0.25, 0.3) is 5.91 Å². The molecule has 0 aliphatic carbocycles. The van der Waals surface area contributed by atoms with Gasteiger partial charge in [0.1, 0.15) is 12.1 Å². The number of anilines is 1. The number of pyridine rings is 2. The minimum Gasteiger partial charge on any atom is -0.451 e. The van der Waals surface area contributed by atoms with E-state index in [2.05, 4.69) is 25.4 Å². The van der Waals surface area contributed by atoms with E-state index < -0.39 is 17.8 Å². The highest BCUT2D eigenvalue weighted by molar-refractivity contribution is 6.01. The van der Waals surface area contributed by atoms with Gasteiger partial charge in [0.2, 0.25) is 5.91 Å². The summed E-state index contributed by atoms with van der Waals surface area (Å²) in [4.78, 5) is 39.7. The van der Waals surface area contributed by atoms with Crippen LogP contribution in [0.4, 0.5) is 19.0 Å². The number of carbonyl (C=O) groups excluding carboxylic acids is 2. The largest absolute Gasteiger partial charge is 0.451 e. The van der Waals surface area contributed by atoms with Crippen LogP contribution in [0, 0.1) is 6.92 Å². The summed E-state index contributed by atoms with van der Waals surface area (Å²) in [5.41, 5.74) is 1.89. The van der Waals surface area contributed by atoms with Gasteiger partial charge in [-0.3, -0.25) is 9.59 Å². The molecule has 0 spiro atoms. The van der Waals surface area contributed by atoms with Crippen LogP contribution in [0.25, 0.3) is 5.82 Å². The molecular formula is C24H20F3N7O3. The number of amides is 2. The van der Waals surface area contributed by atoms with Crippen LogP contribution in [0.15, 0.2) is 54.0 Å². The lowest BCUT2D eigenvalue weighted by Crippen LogP contribution is -2.27. The highest BCUT2D eigenvalue weighted by Crippen LogP contribution is 2.35. The van der Waals surface area contributed by atoms with Crippen LogP contribution in [-0.2, 0) is 23.9 Å². The van der Waals surface area contributed by atoms with E-state index in [9.17, 15) is 22.8 Å². The molecule has 0 fully saturated rings. The third kappa shape index (κ3) is 4.67. The Hall–Kier alpha value is -4.55. The SMILES string of the molecule is Cc1cc(C(C)N2Cc3c(ccnc3NC(=O)Cc3cocn3)C2=O)cnc1-n1cc(C(F)(F)F)cn1. The van der Waals surface area contributed by atoms with E-state index >= 15 is 0 Å². The average molecular weight is 511 g/mol. The first-order valence-corrected chi connectivity index (χ1v) is 11.2. The second-order valence-corrected chi connectivity index (χ2v) is 8.58. The summed E-state index contributed by atoms with van der Waals surface area (Å²) in [5, 5.41) is 6.52. The molecule has 1 aliphatic rings. The van der Waals surface area contributed by atoms with Crippen molar-refractivity contribution in [1.29, 1.82) is 0 Å². The average Bonchev–Trinajstić information content (AvgIpc) is 3.60. The molecule has 1 aliphatic heterocycles. The van der Waals surface area contributed by atoms with Crippen molar-refractivity contribution >= 4 is 17.6 Å². The van der Waals surface area contributed by atoms with Crippen molar-refractivity contribution < 1.29 is 27.2 Å². The molecule has 0 radical (unpaired) electrons. The van der Waals surface area contributed by atoms with Gasteiger partial charge < -0.3 is 14.6 Å². The van der Waals surface area contributed by atoms with E-state index in [-0.39, 0.29) is 36.4 Å². The molecule has 0 bridgehead atoms. The topological polar surface area (TPSA) is 119 Å².